The molecule has 16 heteroatoms. The Morgan fingerprint density at radius 2 is 1.35 bits per heavy atom. The fourth-order valence-electron chi connectivity index (χ4n) is 6.74. The second kappa shape index (κ2) is 21.8. The maximum Gasteiger partial charge on any atom is 0.408 e. The Morgan fingerprint density at radius 3 is 1.95 bits per heavy atom. The fourth-order valence-corrected chi connectivity index (χ4v) is 6.74. The summed E-state index contributed by atoms with van der Waals surface area (Å²) < 4.78 is 10.7. The Bertz CT molecular complexity index is 1810. The Balaban J connectivity index is 1.30. The molecule has 0 aliphatic heterocycles. The molecule has 0 heterocycles. The van der Waals surface area contributed by atoms with Gasteiger partial charge in [-0.3, -0.25) is 19.3 Å². The number of nitrogens with zero attached hydrogens (tertiary/aromatic N) is 1. The van der Waals surface area contributed by atoms with Gasteiger partial charge in [-0.2, -0.15) is 0 Å². The summed E-state index contributed by atoms with van der Waals surface area (Å²) in [5.41, 5.74) is 21.8. The van der Waals surface area contributed by atoms with Crippen LogP contribution < -0.4 is 43.4 Å². The zero-order chi connectivity index (χ0) is 41.3. The fraction of sp³-hybridized carbons (Fsp3) is 0.415. The van der Waals surface area contributed by atoms with Gasteiger partial charge in [0.2, 0.25) is 11.8 Å². The van der Waals surface area contributed by atoms with Crippen molar-refractivity contribution in [1.82, 2.24) is 21.3 Å². The second-order valence-corrected chi connectivity index (χ2v) is 14.0. The van der Waals surface area contributed by atoms with E-state index in [1.54, 1.807) is 38.1 Å². The minimum atomic E-state index is -1.13. The molecule has 0 saturated carbocycles. The predicted molar refractivity (Wildman–Crippen MR) is 214 cm³/mol. The largest absolute Gasteiger partial charge is 0.449 e. The Morgan fingerprint density at radius 1 is 0.737 bits per heavy atom. The number of hydrogen-bond donors (Lipinski definition) is 7. The molecule has 0 saturated heterocycles. The first-order chi connectivity index (χ1) is 27.4. The highest BCUT2D eigenvalue weighted by Gasteiger charge is 2.36. The van der Waals surface area contributed by atoms with Crippen LogP contribution in [0.1, 0.15) is 75.0 Å². The summed E-state index contributed by atoms with van der Waals surface area (Å²) in [5, 5.41) is 10.4. The van der Waals surface area contributed by atoms with E-state index in [1.165, 1.54) is 4.90 Å². The molecule has 16 nitrogen and oxygen atoms in total. The number of hydrogen-bond acceptors (Lipinski definition) is 9. The molecule has 306 valence electrons. The lowest BCUT2D eigenvalue weighted by molar-refractivity contribution is -0.130. The monoisotopic (exact) mass is 786 g/mol. The number of benzene rings is 3. The van der Waals surface area contributed by atoms with Crippen LogP contribution in [0.2, 0.25) is 0 Å². The number of carbonyl (C=O) groups excluding carboxylic acids is 6. The van der Waals surface area contributed by atoms with Gasteiger partial charge in [-0.15, -0.1) is 0 Å². The number of nitrogens with two attached hydrogens (primary N) is 3. The van der Waals surface area contributed by atoms with Crippen LogP contribution in [0.15, 0.2) is 72.8 Å². The number of alkyl carbamates (subject to hydrolysis) is 2. The van der Waals surface area contributed by atoms with E-state index < -0.39 is 42.1 Å². The number of nitrogens with one attached hydrogen (secondary N) is 4. The van der Waals surface area contributed by atoms with E-state index >= 15 is 0 Å². The number of anilines is 1. The summed E-state index contributed by atoms with van der Waals surface area (Å²) in [6, 6.07) is 19.8. The maximum atomic E-state index is 14.3. The first-order valence-corrected chi connectivity index (χ1v) is 19.1. The van der Waals surface area contributed by atoms with Crippen LogP contribution in [0.5, 0.6) is 0 Å². The molecular weight excluding hydrogens is 732 g/mol. The molecule has 10 N–H and O–H groups in total. The highest BCUT2D eigenvalue weighted by Crippen LogP contribution is 2.44. The number of ether oxygens (including phenoxy) is 2. The van der Waals surface area contributed by atoms with Crippen molar-refractivity contribution in [2.45, 2.75) is 77.0 Å². The third-order valence-corrected chi connectivity index (χ3v) is 9.60. The van der Waals surface area contributed by atoms with Crippen molar-refractivity contribution in [1.29, 1.82) is 0 Å². The number of fused-ring (bicyclic) bond motifs is 3. The molecular formula is C41H54N8O8. The molecule has 3 aromatic carbocycles. The second-order valence-electron chi connectivity index (χ2n) is 14.0. The minimum absolute atomic E-state index is 0.0362. The van der Waals surface area contributed by atoms with Crippen molar-refractivity contribution >= 4 is 41.6 Å². The Kier molecular flexibility index (Phi) is 16.7. The molecule has 3 aromatic rings. The van der Waals surface area contributed by atoms with Crippen molar-refractivity contribution in [3.05, 3.63) is 89.5 Å². The van der Waals surface area contributed by atoms with Gasteiger partial charge in [-0.1, -0.05) is 80.9 Å². The lowest BCUT2D eigenvalue weighted by atomic mass is 9.98. The molecule has 7 amide bonds. The molecule has 1 aliphatic carbocycles. The molecule has 0 aromatic heterocycles. The van der Waals surface area contributed by atoms with Crippen molar-refractivity contribution < 1.29 is 38.2 Å². The summed E-state index contributed by atoms with van der Waals surface area (Å²) in [5.74, 6) is -2.09. The SMILES string of the molecule is CC(C)[C@H](NC(=O)CCCCCNC(=O)OCC1c2ccccc2-c2ccccc21)C(=O)N(c1ccc(COC(=O)NCN)cc1)[C@@H](CCCNC(N)=O)C(N)=O. The first-order valence-electron chi connectivity index (χ1n) is 19.1. The lowest BCUT2D eigenvalue weighted by Crippen LogP contribution is -2.57. The summed E-state index contributed by atoms with van der Waals surface area (Å²) in [7, 11) is 0. The van der Waals surface area contributed by atoms with E-state index in [0.29, 0.717) is 37.1 Å². The molecule has 0 unspecified atom stereocenters. The van der Waals surface area contributed by atoms with Gasteiger partial charge < -0.3 is 47.9 Å². The molecule has 4 rings (SSSR count). The average molecular weight is 787 g/mol. The predicted octanol–water partition coefficient (Wildman–Crippen LogP) is 3.70. The number of urea groups is 1. The number of rotatable bonds is 21. The van der Waals surface area contributed by atoms with Crippen LogP contribution in [0.4, 0.5) is 20.1 Å². The summed E-state index contributed by atoms with van der Waals surface area (Å²) in [6.07, 6.45) is 1.05. The Labute approximate surface area is 332 Å². The zero-order valence-corrected chi connectivity index (χ0v) is 32.5. The summed E-state index contributed by atoms with van der Waals surface area (Å²) in [6.45, 7) is 4.13. The number of carbonyl (C=O) groups is 6. The molecule has 0 fully saturated rings. The zero-order valence-electron chi connectivity index (χ0n) is 32.5. The van der Waals surface area contributed by atoms with E-state index in [4.69, 9.17) is 26.7 Å². The van der Waals surface area contributed by atoms with Gasteiger partial charge in [0.1, 0.15) is 25.3 Å². The van der Waals surface area contributed by atoms with Crippen LogP contribution in [0.25, 0.3) is 11.1 Å². The summed E-state index contributed by atoms with van der Waals surface area (Å²) >= 11 is 0. The number of unbranched alkanes of at least 4 members (excludes halogenated alkanes) is 2. The van der Waals surface area contributed by atoms with Gasteiger partial charge in [0.15, 0.2) is 0 Å². The quantitative estimate of drug-likeness (QED) is 0.0613. The van der Waals surface area contributed by atoms with Gasteiger partial charge in [0, 0.05) is 31.1 Å². The van der Waals surface area contributed by atoms with Crippen molar-refractivity contribution in [3.63, 3.8) is 0 Å². The van der Waals surface area contributed by atoms with E-state index in [0.717, 1.165) is 22.3 Å². The van der Waals surface area contributed by atoms with Crippen molar-refractivity contribution in [3.8, 4) is 11.1 Å². The summed E-state index contributed by atoms with van der Waals surface area (Å²) in [4.78, 5) is 77.0. The molecule has 0 bridgehead atoms. The molecule has 0 spiro atoms. The van der Waals surface area contributed by atoms with E-state index in [-0.39, 0.29) is 63.4 Å². The Hall–Kier alpha value is -6.16. The third kappa shape index (κ3) is 12.7. The van der Waals surface area contributed by atoms with Gasteiger partial charge in [-0.05, 0) is 71.6 Å². The number of amides is 7. The van der Waals surface area contributed by atoms with Crippen LogP contribution in [-0.4, -0.2) is 74.4 Å². The van der Waals surface area contributed by atoms with Gasteiger partial charge in [0.05, 0.1) is 6.67 Å². The highest BCUT2D eigenvalue weighted by atomic mass is 16.6. The maximum absolute atomic E-state index is 14.3. The highest BCUT2D eigenvalue weighted by molar-refractivity contribution is 6.04. The first kappa shape index (κ1) is 43.6. The van der Waals surface area contributed by atoms with Gasteiger partial charge in [0.25, 0.3) is 5.91 Å². The van der Waals surface area contributed by atoms with Crippen LogP contribution >= 0.6 is 0 Å². The van der Waals surface area contributed by atoms with Crippen LogP contribution in [0.3, 0.4) is 0 Å². The van der Waals surface area contributed by atoms with Gasteiger partial charge >= 0.3 is 18.2 Å². The van der Waals surface area contributed by atoms with Gasteiger partial charge in [-0.25, -0.2) is 14.4 Å². The van der Waals surface area contributed by atoms with E-state index in [1.807, 2.05) is 24.3 Å². The normalized spacial score (nSPS) is 12.7. The van der Waals surface area contributed by atoms with Crippen molar-refractivity contribution in [2.75, 3.05) is 31.3 Å². The van der Waals surface area contributed by atoms with Crippen LogP contribution in [0, 0.1) is 5.92 Å². The topological polar surface area (TPSA) is 250 Å². The third-order valence-electron chi connectivity index (χ3n) is 9.60. The smallest absolute Gasteiger partial charge is 0.408 e. The molecule has 1 aliphatic rings. The lowest BCUT2D eigenvalue weighted by Gasteiger charge is -2.34. The minimum Gasteiger partial charge on any atom is -0.449 e. The van der Waals surface area contributed by atoms with Crippen LogP contribution in [-0.2, 0) is 30.5 Å². The van der Waals surface area contributed by atoms with Crippen molar-refractivity contribution in [2.24, 2.45) is 23.1 Å². The molecule has 2 atom stereocenters. The van der Waals surface area contributed by atoms with E-state index in [9.17, 15) is 28.8 Å². The van der Waals surface area contributed by atoms with E-state index in [2.05, 4.69) is 45.5 Å². The number of primary amides is 2. The molecule has 0 radical (unpaired) electrons. The molecule has 57 heavy (non-hydrogen) atoms. The average Bonchev–Trinajstić information content (AvgIpc) is 3.51. The standard InChI is InChI=1S/C41H54N8O8/c1-26(2)36(38(52)49(34(37(43)51)15-10-22-45-39(44)53)28-19-17-27(18-20-28)23-56-41(55)47-25-42)48-35(50)16-4-3-9-21-46-40(54)57-24-33-31-13-7-5-11-29(31)30-12-6-8-14-32(30)33/h5-8,11-14,17-20,26,33-34,36H,3-4,9-10,15-16,21-25,42H2,1-2H3,(H2,43,51)(H,46,54)(H,47,55)(H,48,50)(H3,44,45,53)/t34-,36-/m0/s1.